The van der Waals surface area contributed by atoms with Gasteiger partial charge in [-0.05, 0) is 12.8 Å². The topological polar surface area (TPSA) is 3.24 Å². The van der Waals surface area contributed by atoms with E-state index in [1.54, 1.807) is 13.8 Å². The number of benzene rings is 1. The number of anilines is 1. The van der Waals surface area contributed by atoms with Gasteiger partial charge in [-0.2, -0.15) is 48.3 Å². The van der Waals surface area contributed by atoms with E-state index in [1.165, 1.54) is 0 Å². The molecule has 0 aliphatic rings. The molecular formula is C23H27F14N. The molecule has 0 heterocycles. The lowest BCUT2D eigenvalue weighted by Gasteiger charge is -2.41. The summed E-state index contributed by atoms with van der Waals surface area (Å²) >= 11 is 0. The van der Waals surface area contributed by atoms with Crippen LogP contribution in [0.15, 0.2) is 6.07 Å². The summed E-state index contributed by atoms with van der Waals surface area (Å²) in [7, 11) is 0. The minimum Gasteiger partial charge on any atom is -0.305 e. The lowest BCUT2D eigenvalue weighted by atomic mass is 9.99. The zero-order valence-electron chi connectivity index (χ0n) is 20.4. The Kier molecular flexibility index (Phi) is 11.2. The summed E-state index contributed by atoms with van der Waals surface area (Å²) in [6.07, 6.45) is -8.41. The van der Waals surface area contributed by atoms with Gasteiger partial charge in [-0.3, -0.25) is 0 Å². The summed E-state index contributed by atoms with van der Waals surface area (Å²) in [5.74, 6) is -27.3. The van der Waals surface area contributed by atoms with Crippen LogP contribution in [0.2, 0.25) is 0 Å². The fourth-order valence-electron chi connectivity index (χ4n) is 3.63. The van der Waals surface area contributed by atoms with Crippen molar-refractivity contribution in [3.63, 3.8) is 0 Å². The number of unbranched alkanes of at least 4 members (excludes halogenated alkanes) is 6. The monoisotopic (exact) mass is 583 g/mol. The highest BCUT2D eigenvalue weighted by Crippen LogP contribution is 2.53. The molecule has 1 aromatic rings. The maximum absolute atomic E-state index is 15.1. The first-order valence-electron chi connectivity index (χ1n) is 11.8. The van der Waals surface area contributed by atoms with Crippen molar-refractivity contribution in [2.75, 3.05) is 11.4 Å². The first-order chi connectivity index (χ1) is 17.2. The Morgan fingerprint density at radius 2 is 1.16 bits per heavy atom. The van der Waals surface area contributed by atoms with Crippen LogP contribution >= 0.6 is 0 Å². The summed E-state index contributed by atoms with van der Waals surface area (Å²) in [6, 6.07) is -6.78. The molecule has 1 nitrogen and oxygen atoms in total. The van der Waals surface area contributed by atoms with Crippen LogP contribution < -0.4 is 4.90 Å². The van der Waals surface area contributed by atoms with E-state index >= 15 is 8.78 Å². The number of halogens is 14. The molecule has 222 valence electrons. The van der Waals surface area contributed by atoms with Crippen molar-refractivity contribution < 1.29 is 61.5 Å². The molecule has 0 amide bonds. The lowest BCUT2D eigenvalue weighted by molar-refractivity contribution is -0.310. The molecule has 0 aromatic heterocycles. The van der Waals surface area contributed by atoms with Gasteiger partial charge in [0.1, 0.15) is 5.56 Å². The van der Waals surface area contributed by atoms with Crippen LogP contribution in [0.5, 0.6) is 0 Å². The highest BCUT2D eigenvalue weighted by molar-refractivity contribution is 5.54. The van der Waals surface area contributed by atoms with Crippen LogP contribution in [-0.2, 0) is 5.92 Å². The fraction of sp³-hybridized carbons (Fsp3) is 0.739. The van der Waals surface area contributed by atoms with Crippen LogP contribution in [0.3, 0.4) is 0 Å². The van der Waals surface area contributed by atoms with Crippen LogP contribution in [0.25, 0.3) is 0 Å². The van der Waals surface area contributed by atoms with E-state index in [9.17, 15) is 52.7 Å². The molecule has 1 aromatic carbocycles. The SMILES string of the molecule is CCCCCCN(c1cc(F)c(F)c(C(F)(F)C(F)(F)F)c1F)C(F)(F)C(F)(F)C(F)(F)CCCCCC. The molecule has 0 radical (unpaired) electrons. The van der Waals surface area contributed by atoms with E-state index < -0.39 is 95.5 Å². The minimum absolute atomic E-state index is 0.0395. The van der Waals surface area contributed by atoms with E-state index in [0.717, 1.165) is 0 Å². The van der Waals surface area contributed by atoms with E-state index in [0.29, 0.717) is 19.3 Å². The third kappa shape index (κ3) is 6.78. The number of hydrogen-bond acceptors (Lipinski definition) is 1. The van der Waals surface area contributed by atoms with Crippen LogP contribution in [0.4, 0.5) is 67.2 Å². The summed E-state index contributed by atoms with van der Waals surface area (Å²) in [5.41, 5.74) is -5.73. The largest absolute Gasteiger partial charge is 0.458 e. The molecule has 0 N–H and O–H groups in total. The predicted octanol–water partition coefficient (Wildman–Crippen LogP) is 9.98. The average molecular weight is 583 g/mol. The van der Waals surface area contributed by atoms with Gasteiger partial charge in [0.25, 0.3) is 0 Å². The van der Waals surface area contributed by atoms with Gasteiger partial charge in [-0.25, -0.2) is 13.2 Å². The minimum atomic E-state index is -6.76. The number of rotatable bonds is 15. The van der Waals surface area contributed by atoms with Gasteiger partial charge >= 0.3 is 30.0 Å². The van der Waals surface area contributed by atoms with E-state index in [1.807, 2.05) is 0 Å². The smallest absolute Gasteiger partial charge is 0.305 e. The molecular weight excluding hydrogens is 556 g/mol. The van der Waals surface area contributed by atoms with Crippen molar-refractivity contribution in [1.29, 1.82) is 0 Å². The maximum Gasteiger partial charge on any atom is 0.458 e. The molecule has 0 atom stereocenters. The Morgan fingerprint density at radius 1 is 0.658 bits per heavy atom. The molecule has 0 saturated carbocycles. The molecule has 0 fully saturated rings. The summed E-state index contributed by atoms with van der Waals surface area (Å²) < 4.78 is 197. The summed E-state index contributed by atoms with van der Waals surface area (Å²) in [5, 5.41) is 0. The Balaban J connectivity index is 3.77. The van der Waals surface area contributed by atoms with Crippen molar-refractivity contribution in [3.8, 4) is 0 Å². The lowest BCUT2D eigenvalue weighted by Crippen LogP contribution is -2.63. The van der Waals surface area contributed by atoms with E-state index in [-0.39, 0.29) is 19.3 Å². The van der Waals surface area contributed by atoms with Crippen molar-refractivity contribution in [2.24, 2.45) is 0 Å². The Bertz CT molecular complexity index is 910. The number of alkyl halides is 11. The Labute approximate surface area is 210 Å². The van der Waals surface area contributed by atoms with Crippen molar-refractivity contribution >= 4 is 5.69 Å². The molecule has 38 heavy (non-hydrogen) atoms. The van der Waals surface area contributed by atoms with E-state index in [2.05, 4.69) is 0 Å². The fourth-order valence-corrected chi connectivity index (χ4v) is 3.63. The molecule has 0 aliphatic heterocycles. The average Bonchev–Trinajstić information content (AvgIpc) is 2.78. The molecule has 15 heteroatoms. The van der Waals surface area contributed by atoms with Gasteiger partial charge in [-0.15, -0.1) is 0 Å². The number of hydrogen-bond donors (Lipinski definition) is 0. The van der Waals surface area contributed by atoms with Gasteiger partial charge in [0, 0.05) is 19.0 Å². The van der Waals surface area contributed by atoms with Gasteiger partial charge in [0.15, 0.2) is 17.5 Å². The first-order valence-corrected chi connectivity index (χ1v) is 11.8. The molecule has 0 unspecified atom stereocenters. The Morgan fingerprint density at radius 3 is 1.63 bits per heavy atom. The molecule has 0 saturated heterocycles. The van der Waals surface area contributed by atoms with Crippen LogP contribution in [-0.4, -0.2) is 30.6 Å². The summed E-state index contributed by atoms with van der Waals surface area (Å²) in [4.78, 5) is -1.20. The van der Waals surface area contributed by atoms with Gasteiger partial charge in [-0.1, -0.05) is 52.4 Å². The van der Waals surface area contributed by atoms with E-state index in [4.69, 9.17) is 0 Å². The van der Waals surface area contributed by atoms with Gasteiger partial charge in [0.2, 0.25) is 0 Å². The standard InChI is InChI=1S/C23H27F14N/c1-3-5-7-9-11-19(27,28)21(31,32)23(36,37)38(12-10-8-6-4-2)15-13-14(24)17(25)16(18(15)26)20(29,30)22(33,34)35/h13H,3-12H2,1-2H3. The van der Waals surface area contributed by atoms with Gasteiger partial charge in [0.05, 0.1) is 5.69 Å². The molecule has 0 spiro atoms. The quantitative estimate of drug-likeness (QED) is 0.0860. The second-order valence-electron chi connectivity index (χ2n) is 8.80. The maximum atomic E-state index is 15.1. The predicted molar refractivity (Wildman–Crippen MR) is 111 cm³/mol. The normalized spacial score (nSPS) is 13.8. The van der Waals surface area contributed by atoms with Gasteiger partial charge < -0.3 is 4.90 Å². The molecule has 1 rings (SSSR count). The zero-order chi connectivity index (χ0) is 29.7. The highest BCUT2D eigenvalue weighted by atomic mass is 19.4. The van der Waals surface area contributed by atoms with Crippen molar-refractivity contribution in [2.45, 2.75) is 102 Å². The third-order valence-electron chi connectivity index (χ3n) is 5.85. The van der Waals surface area contributed by atoms with Crippen LogP contribution in [0.1, 0.15) is 77.2 Å². The van der Waals surface area contributed by atoms with Crippen molar-refractivity contribution in [3.05, 3.63) is 29.1 Å². The molecule has 0 aliphatic carbocycles. The second kappa shape index (κ2) is 12.5. The highest BCUT2D eigenvalue weighted by Gasteiger charge is 2.73. The summed E-state index contributed by atoms with van der Waals surface area (Å²) in [6.45, 7) is 1.76. The first kappa shape index (κ1) is 34.1. The van der Waals surface area contributed by atoms with Crippen LogP contribution in [0, 0.1) is 17.5 Å². The zero-order valence-corrected chi connectivity index (χ0v) is 20.4. The number of nitrogens with zero attached hydrogens (tertiary/aromatic N) is 1. The third-order valence-corrected chi connectivity index (χ3v) is 5.85. The molecule has 0 bridgehead atoms. The second-order valence-corrected chi connectivity index (χ2v) is 8.80. The van der Waals surface area contributed by atoms with Crippen molar-refractivity contribution in [1.82, 2.24) is 0 Å². The Hall–Kier alpha value is -1.96.